The molecule has 0 fully saturated rings. The minimum Gasteiger partial charge on any atom is -0.477 e. The van der Waals surface area contributed by atoms with Gasteiger partial charge < -0.3 is 14.4 Å². The normalized spacial score (nSPS) is 11.6. The van der Waals surface area contributed by atoms with Gasteiger partial charge in [-0.05, 0) is 25.5 Å². The lowest BCUT2D eigenvalue weighted by Gasteiger charge is -2.21. The zero-order chi connectivity index (χ0) is 21.0. The highest BCUT2D eigenvalue weighted by molar-refractivity contribution is 5.65. The van der Waals surface area contributed by atoms with Gasteiger partial charge in [-0.3, -0.25) is 4.79 Å². The van der Waals surface area contributed by atoms with E-state index in [9.17, 15) is 9.90 Å². The summed E-state index contributed by atoms with van der Waals surface area (Å²) in [7, 11) is 0. The Labute approximate surface area is 170 Å². The number of hydrogen-bond acceptors (Lipinski definition) is 5. The maximum atomic E-state index is 11.9. The molecule has 0 radical (unpaired) electrons. The first kappa shape index (κ1) is 20.8. The first-order valence-corrected chi connectivity index (χ1v) is 9.80. The van der Waals surface area contributed by atoms with Crippen LogP contribution in [-0.2, 0) is 6.54 Å². The molecule has 0 aromatic carbocycles. The fourth-order valence-corrected chi connectivity index (χ4v) is 2.91. The first-order chi connectivity index (χ1) is 13.8. The molecule has 7 heteroatoms. The van der Waals surface area contributed by atoms with Gasteiger partial charge in [-0.25, -0.2) is 9.67 Å². The summed E-state index contributed by atoms with van der Waals surface area (Å²) in [6.07, 6.45) is 6.43. The van der Waals surface area contributed by atoms with E-state index < -0.39 is 0 Å². The molecule has 7 nitrogen and oxygen atoms in total. The third-order valence-electron chi connectivity index (χ3n) is 4.69. The quantitative estimate of drug-likeness (QED) is 0.632. The average molecular weight is 396 g/mol. The molecule has 0 saturated carbocycles. The van der Waals surface area contributed by atoms with E-state index >= 15 is 0 Å². The topological polar surface area (TPSA) is 82.2 Å². The summed E-state index contributed by atoms with van der Waals surface area (Å²) in [5.41, 5.74) is 3.24. The van der Waals surface area contributed by atoms with Crippen LogP contribution < -0.4 is 10.3 Å². The summed E-state index contributed by atoms with van der Waals surface area (Å²) in [6, 6.07) is 7.13. The Kier molecular flexibility index (Phi) is 6.17. The van der Waals surface area contributed by atoms with Crippen LogP contribution in [0.4, 0.5) is 0 Å². The lowest BCUT2D eigenvalue weighted by Crippen LogP contribution is -2.25. The number of aryl methyl sites for hydroxylation is 2. The van der Waals surface area contributed by atoms with Gasteiger partial charge in [0.15, 0.2) is 0 Å². The molecule has 3 heterocycles. The van der Waals surface area contributed by atoms with Crippen LogP contribution in [0.15, 0.2) is 47.7 Å². The van der Waals surface area contributed by atoms with Gasteiger partial charge in [0.25, 0.3) is 5.56 Å². The van der Waals surface area contributed by atoms with E-state index in [2.05, 4.69) is 10.1 Å². The summed E-state index contributed by atoms with van der Waals surface area (Å²) in [5, 5.41) is 13.8. The highest BCUT2D eigenvalue weighted by atomic mass is 16.5. The van der Waals surface area contributed by atoms with Crippen LogP contribution in [0.3, 0.4) is 0 Å². The van der Waals surface area contributed by atoms with Crippen molar-refractivity contribution in [3.05, 3.63) is 58.9 Å². The van der Waals surface area contributed by atoms with Crippen molar-refractivity contribution < 1.29 is 9.84 Å². The Morgan fingerprint density at radius 1 is 1.17 bits per heavy atom. The highest BCUT2D eigenvalue weighted by Gasteiger charge is 2.18. The monoisotopic (exact) mass is 396 g/mol. The van der Waals surface area contributed by atoms with Crippen LogP contribution in [-0.4, -0.2) is 37.7 Å². The van der Waals surface area contributed by atoms with E-state index in [4.69, 9.17) is 4.74 Å². The SMILES string of the molecule is CCCn1cc(-n2cc(-c3ccc(OCC(C)(C)CO)nc3C)cn2)ccc1=O. The van der Waals surface area contributed by atoms with Crippen molar-refractivity contribution in [2.75, 3.05) is 13.2 Å². The molecule has 0 aliphatic carbocycles. The summed E-state index contributed by atoms with van der Waals surface area (Å²) < 4.78 is 9.19. The molecule has 29 heavy (non-hydrogen) atoms. The molecule has 0 saturated heterocycles. The van der Waals surface area contributed by atoms with E-state index in [1.807, 2.05) is 52.2 Å². The number of aliphatic hydroxyl groups excluding tert-OH is 1. The zero-order valence-corrected chi connectivity index (χ0v) is 17.4. The number of ether oxygens (including phenoxy) is 1. The van der Waals surface area contributed by atoms with E-state index in [0.717, 1.165) is 28.9 Å². The molecular weight excluding hydrogens is 368 g/mol. The molecule has 3 rings (SSSR count). The summed E-state index contributed by atoms with van der Waals surface area (Å²) in [6.45, 7) is 8.96. The van der Waals surface area contributed by atoms with Crippen molar-refractivity contribution in [2.45, 2.75) is 40.7 Å². The smallest absolute Gasteiger partial charge is 0.250 e. The maximum absolute atomic E-state index is 11.9. The van der Waals surface area contributed by atoms with Gasteiger partial charge in [0.1, 0.15) is 0 Å². The lowest BCUT2D eigenvalue weighted by atomic mass is 9.97. The molecule has 0 spiro atoms. The van der Waals surface area contributed by atoms with Crippen LogP contribution in [0, 0.1) is 12.3 Å². The van der Waals surface area contributed by atoms with Gasteiger partial charge in [0.2, 0.25) is 5.88 Å². The van der Waals surface area contributed by atoms with Crippen molar-refractivity contribution in [3.63, 3.8) is 0 Å². The van der Waals surface area contributed by atoms with Crippen LogP contribution in [0.5, 0.6) is 5.88 Å². The van der Waals surface area contributed by atoms with Crippen LogP contribution in [0.25, 0.3) is 16.8 Å². The van der Waals surface area contributed by atoms with Gasteiger partial charge >= 0.3 is 0 Å². The number of aliphatic hydroxyl groups is 1. The zero-order valence-electron chi connectivity index (χ0n) is 17.4. The predicted octanol–water partition coefficient (Wildman–Crippen LogP) is 3.21. The molecule has 0 aliphatic heterocycles. The van der Waals surface area contributed by atoms with E-state index in [-0.39, 0.29) is 17.6 Å². The molecule has 0 bridgehead atoms. The largest absolute Gasteiger partial charge is 0.477 e. The van der Waals surface area contributed by atoms with Crippen molar-refractivity contribution in [1.82, 2.24) is 19.3 Å². The first-order valence-electron chi connectivity index (χ1n) is 9.80. The van der Waals surface area contributed by atoms with E-state index in [1.165, 1.54) is 0 Å². The number of nitrogens with zero attached hydrogens (tertiary/aromatic N) is 4. The van der Waals surface area contributed by atoms with Crippen molar-refractivity contribution in [1.29, 1.82) is 0 Å². The molecule has 1 N–H and O–H groups in total. The second kappa shape index (κ2) is 8.61. The number of hydrogen-bond donors (Lipinski definition) is 1. The van der Waals surface area contributed by atoms with E-state index in [1.54, 1.807) is 27.6 Å². The number of pyridine rings is 2. The summed E-state index contributed by atoms with van der Waals surface area (Å²) in [4.78, 5) is 16.5. The van der Waals surface area contributed by atoms with Gasteiger partial charge in [0.05, 0.1) is 25.1 Å². The Morgan fingerprint density at radius 2 is 1.97 bits per heavy atom. The standard InChI is InChI=1S/C22H28N4O3/c1-5-10-25-13-18(6-9-21(25)28)26-12-17(11-23-26)19-7-8-20(24-16(19)2)29-15-22(3,4)14-27/h6-9,11-13,27H,5,10,14-15H2,1-4H3. The molecule has 154 valence electrons. The summed E-state index contributed by atoms with van der Waals surface area (Å²) >= 11 is 0. The van der Waals surface area contributed by atoms with Crippen LogP contribution in [0.1, 0.15) is 32.9 Å². The Hall–Kier alpha value is -2.93. The number of rotatable bonds is 8. The Morgan fingerprint density at radius 3 is 2.66 bits per heavy atom. The molecule has 0 aliphatic rings. The molecule has 0 atom stereocenters. The third-order valence-corrected chi connectivity index (χ3v) is 4.69. The van der Waals surface area contributed by atoms with Gasteiger partial charge in [-0.15, -0.1) is 0 Å². The second-order valence-electron chi connectivity index (χ2n) is 7.99. The number of aromatic nitrogens is 4. The minimum atomic E-state index is -0.316. The molecule has 3 aromatic heterocycles. The van der Waals surface area contributed by atoms with Gasteiger partial charge in [0, 0.05) is 53.3 Å². The lowest BCUT2D eigenvalue weighted by molar-refractivity contribution is 0.0951. The molecule has 0 amide bonds. The fourth-order valence-electron chi connectivity index (χ4n) is 2.91. The predicted molar refractivity (Wildman–Crippen MR) is 112 cm³/mol. The molecular formula is C22H28N4O3. The van der Waals surface area contributed by atoms with Gasteiger partial charge in [-0.2, -0.15) is 5.10 Å². The minimum absolute atomic E-state index is 0.0111. The van der Waals surface area contributed by atoms with Crippen LogP contribution >= 0.6 is 0 Å². The molecule has 3 aromatic rings. The Balaban J connectivity index is 1.82. The Bertz CT molecular complexity index is 1040. The van der Waals surface area contributed by atoms with Crippen molar-refractivity contribution >= 4 is 0 Å². The third kappa shape index (κ3) is 4.92. The fraction of sp³-hybridized carbons (Fsp3) is 0.409. The van der Waals surface area contributed by atoms with Crippen LogP contribution in [0.2, 0.25) is 0 Å². The summed E-state index contributed by atoms with van der Waals surface area (Å²) in [5.74, 6) is 0.534. The molecule has 0 unspecified atom stereocenters. The second-order valence-corrected chi connectivity index (χ2v) is 7.99. The average Bonchev–Trinajstić information content (AvgIpc) is 3.18. The maximum Gasteiger partial charge on any atom is 0.250 e. The van der Waals surface area contributed by atoms with E-state index in [0.29, 0.717) is 19.0 Å². The van der Waals surface area contributed by atoms with Crippen molar-refractivity contribution in [2.24, 2.45) is 5.41 Å². The van der Waals surface area contributed by atoms with Crippen molar-refractivity contribution in [3.8, 4) is 22.7 Å². The van der Waals surface area contributed by atoms with Gasteiger partial charge in [-0.1, -0.05) is 20.8 Å². The highest BCUT2D eigenvalue weighted by Crippen LogP contribution is 2.25.